The van der Waals surface area contributed by atoms with Crippen molar-refractivity contribution in [3.8, 4) is 0 Å². The Kier molecular flexibility index (Phi) is 1.12. The van der Waals surface area contributed by atoms with Gasteiger partial charge in [-0.25, -0.2) is 0 Å². The third-order valence-electron chi connectivity index (χ3n) is 1.68. The van der Waals surface area contributed by atoms with Gasteiger partial charge < -0.3 is 0 Å². The second-order valence-corrected chi connectivity index (χ2v) is 2.49. The Morgan fingerprint density at radius 1 is 1.36 bits per heavy atom. The summed E-state index contributed by atoms with van der Waals surface area (Å²) in [4.78, 5) is 25.7. The summed E-state index contributed by atoms with van der Waals surface area (Å²) < 4.78 is 0. The van der Waals surface area contributed by atoms with Crippen molar-refractivity contribution in [2.45, 2.75) is 6.42 Å². The summed E-state index contributed by atoms with van der Waals surface area (Å²) >= 11 is 0. The van der Waals surface area contributed by atoms with Crippen LogP contribution in [-0.2, 0) is 9.59 Å². The van der Waals surface area contributed by atoms with Crippen LogP contribution in [0.4, 0.5) is 0 Å². The lowest BCUT2D eigenvalue weighted by Crippen LogP contribution is -2.15. The van der Waals surface area contributed by atoms with E-state index in [1.807, 2.05) is 0 Å². The van der Waals surface area contributed by atoms with Gasteiger partial charge in [0.05, 0.1) is 6.42 Å². The fourth-order valence-electron chi connectivity index (χ4n) is 1.16. The van der Waals surface area contributed by atoms with Gasteiger partial charge in [0, 0.05) is 23.6 Å². The van der Waals surface area contributed by atoms with Gasteiger partial charge in [0.25, 0.3) is 0 Å². The first-order chi connectivity index (χ1) is 5.27. The Morgan fingerprint density at radius 3 is 3.00 bits per heavy atom. The topological polar surface area (TPSA) is 46.5 Å². The zero-order valence-electron chi connectivity index (χ0n) is 5.70. The van der Waals surface area contributed by atoms with Gasteiger partial charge in [-0.15, -0.1) is 0 Å². The van der Waals surface area contributed by atoms with Gasteiger partial charge in [0.2, 0.25) is 0 Å². The molecule has 11 heavy (non-hydrogen) atoms. The first-order valence-corrected chi connectivity index (χ1v) is 3.29. The van der Waals surface area contributed by atoms with Crippen molar-refractivity contribution in [2.24, 2.45) is 4.99 Å². The highest BCUT2D eigenvalue weighted by molar-refractivity contribution is 6.22. The van der Waals surface area contributed by atoms with E-state index in [4.69, 9.17) is 0 Å². The molecule has 0 aromatic rings. The molecule has 54 valence electrons. The summed E-state index contributed by atoms with van der Waals surface area (Å²) in [6.07, 6.45) is 4.49. The largest absolute Gasteiger partial charge is 0.294 e. The third kappa shape index (κ3) is 0.852. The molecule has 0 atom stereocenters. The van der Waals surface area contributed by atoms with E-state index in [-0.39, 0.29) is 18.0 Å². The maximum atomic E-state index is 11.1. The molecule has 2 aliphatic rings. The van der Waals surface area contributed by atoms with Gasteiger partial charge in [-0.1, -0.05) is 0 Å². The second-order valence-electron chi connectivity index (χ2n) is 2.49. The van der Waals surface area contributed by atoms with Crippen LogP contribution >= 0.6 is 0 Å². The molecule has 0 bridgehead atoms. The minimum absolute atomic E-state index is 0.00130. The van der Waals surface area contributed by atoms with Crippen molar-refractivity contribution in [3.63, 3.8) is 0 Å². The van der Waals surface area contributed by atoms with Crippen molar-refractivity contribution in [3.05, 3.63) is 23.4 Å². The van der Waals surface area contributed by atoms with Crippen LogP contribution in [0, 0.1) is 0 Å². The molecule has 0 unspecified atom stereocenters. The Bertz CT molecular complexity index is 334. The van der Waals surface area contributed by atoms with E-state index in [1.165, 1.54) is 18.5 Å². The van der Waals surface area contributed by atoms with Crippen molar-refractivity contribution in [2.75, 3.05) is 0 Å². The number of nitrogens with zero attached hydrogens (tertiary/aromatic N) is 1. The van der Waals surface area contributed by atoms with Crippen LogP contribution in [0.25, 0.3) is 0 Å². The van der Waals surface area contributed by atoms with Crippen LogP contribution in [-0.4, -0.2) is 17.8 Å². The van der Waals surface area contributed by atoms with Crippen LogP contribution in [0.3, 0.4) is 0 Å². The van der Waals surface area contributed by atoms with Crippen LogP contribution < -0.4 is 0 Å². The predicted molar refractivity (Wildman–Crippen MR) is 39.3 cm³/mol. The first kappa shape index (κ1) is 6.22. The summed E-state index contributed by atoms with van der Waals surface area (Å²) in [5, 5.41) is 0. The molecule has 1 heterocycles. The lowest BCUT2D eigenvalue weighted by molar-refractivity contribution is -0.122. The summed E-state index contributed by atoms with van der Waals surface area (Å²) in [7, 11) is 0. The molecule has 0 fully saturated rings. The zero-order chi connectivity index (χ0) is 7.84. The number of carbonyl (C=O) groups is 2. The van der Waals surface area contributed by atoms with E-state index in [9.17, 15) is 9.59 Å². The number of Topliss-reactive ketones (excluding diaryl/α,β-unsaturated/α-hetero) is 1. The molecule has 0 radical (unpaired) electrons. The van der Waals surface area contributed by atoms with Crippen molar-refractivity contribution in [1.82, 2.24) is 0 Å². The molecule has 1 aliphatic heterocycles. The number of hydrogen-bond acceptors (Lipinski definition) is 3. The third-order valence-corrected chi connectivity index (χ3v) is 1.68. The summed E-state index contributed by atoms with van der Waals surface area (Å²) in [5.74, 6) is -0.250. The van der Waals surface area contributed by atoms with Gasteiger partial charge in [-0.3, -0.25) is 14.6 Å². The molecule has 3 nitrogen and oxygen atoms in total. The molecule has 1 aliphatic carbocycles. The van der Waals surface area contributed by atoms with Crippen molar-refractivity contribution < 1.29 is 9.59 Å². The number of allylic oxidation sites excluding steroid dienone is 3. The van der Waals surface area contributed by atoms with Gasteiger partial charge in [-0.2, -0.15) is 0 Å². The Labute approximate surface area is 63.1 Å². The molecular weight excluding hydrogens is 142 g/mol. The SMILES string of the molecule is O=C1C=C2C=NC=C2C(=O)C1. The Hall–Kier alpha value is -1.51. The average Bonchev–Trinajstić information content (AvgIpc) is 2.34. The van der Waals surface area contributed by atoms with E-state index in [0.717, 1.165) is 0 Å². The molecular formula is C8H5NO2. The summed E-state index contributed by atoms with van der Waals surface area (Å²) in [5.41, 5.74) is 1.23. The van der Waals surface area contributed by atoms with Crippen LogP contribution in [0.15, 0.2) is 28.4 Å². The fourth-order valence-corrected chi connectivity index (χ4v) is 1.16. The zero-order valence-corrected chi connectivity index (χ0v) is 5.70. The van der Waals surface area contributed by atoms with E-state index >= 15 is 0 Å². The van der Waals surface area contributed by atoms with Gasteiger partial charge >= 0.3 is 0 Å². The molecule has 0 aromatic carbocycles. The van der Waals surface area contributed by atoms with Gasteiger partial charge in [0.15, 0.2) is 11.6 Å². The molecule has 0 amide bonds. The summed E-state index contributed by atoms with van der Waals surface area (Å²) in [6.45, 7) is 0. The second kappa shape index (κ2) is 1.99. The van der Waals surface area contributed by atoms with Gasteiger partial charge in [0.1, 0.15) is 0 Å². The van der Waals surface area contributed by atoms with E-state index in [1.54, 1.807) is 0 Å². The first-order valence-electron chi connectivity index (χ1n) is 3.29. The number of hydrogen-bond donors (Lipinski definition) is 0. The minimum Gasteiger partial charge on any atom is -0.294 e. The lowest BCUT2D eigenvalue weighted by Gasteiger charge is -2.06. The minimum atomic E-state index is -0.129. The molecule has 0 saturated carbocycles. The Morgan fingerprint density at radius 2 is 2.18 bits per heavy atom. The molecule has 0 aromatic heterocycles. The molecule has 2 rings (SSSR count). The molecule has 3 heteroatoms. The maximum absolute atomic E-state index is 11.1. The predicted octanol–water partition coefficient (Wildman–Crippen LogP) is 0.423. The average molecular weight is 147 g/mol. The molecule has 0 spiro atoms. The molecule has 0 saturated heterocycles. The number of ketones is 2. The summed E-state index contributed by atoms with van der Waals surface area (Å²) in [6, 6.07) is 0. The van der Waals surface area contributed by atoms with E-state index < -0.39 is 0 Å². The highest BCUT2D eigenvalue weighted by Crippen LogP contribution is 2.21. The smallest absolute Gasteiger partial charge is 0.172 e. The van der Waals surface area contributed by atoms with Crippen molar-refractivity contribution in [1.29, 1.82) is 0 Å². The van der Waals surface area contributed by atoms with Crippen LogP contribution in [0.2, 0.25) is 0 Å². The quantitative estimate of drug-likeness (QED) is 0.466. The monoisotopic (exact) mass is 147 g/mol. The van der Waals surface area contributed by atoms with Gasteiger partial charge in [-0.05, 0) is 6.08 Å². The number of carbonyl (C=O) groups excluding carboxylic acids is 2. The molecule has 0 N–H and O–H groups in total. The normalized spacial score (nSPS) is 21.5. The highest BCUT2D eigenvalue weighted by Gasteiger charge is 2.23. The number of rotatable bonds is 0. The lowest BCUT2D eigenvalue weighted by atomic mass is 9.94. The number of aliphatic imine (C=N–C) groups is 1. The van der Waals surface area contributed by atoms with Crippen LogP contribution in [0.1, 0.15) is 6.42 Å². The van der Waals surface area contributed by atoms with Crippen LogP contribution in [0.5, 0.6) is 0 Å². The van der Waals surface area contributed by atoms with E-state index in [0.29, 0.717) is 11.1 Å². The van der Waals surface area contributed by atoms with Crippen molar-refractivity contribution >= 4 is 17.8 Å². The van der Waals surface area contributed by atoms with E-state index in [2.05, 4.69) is 4.99 Å². The highest BCUT2D eigenvalue weighted by atomic mass is 16.1. The Balaban J connectivity index is 2.53. The standard InChI is InChI=1S/C8H5NO2/c10-6-1-5-3-9-4-7(5)8(11)2-6/h1,3-4H,2H2. The maximum Gasteiger partial charge on any atom is 0.172 e. The fraction of sp³-hybridized carbons (Fsp3) is 0.125. The number of fused-ring (bicyclic) bond motifs is 1.